The smallest absolute Gasteiger partial charge is 0.288 e. The van der Waals surface area contributed by atoms with Gasteiger partial charge in [-0.3, -0.25) is 5.41 Å². The molecule has 0 aliphatic carbocycles. The zero-order chi connectivity index (χ0) is 21.6. The lowest BCUT2D eigenvalue weighted by atomic mass is 10.1. The molecule has 1 unspecified atom stereocenters. The molecule has 1 atom stereocenters. The van der Waals surface area contributed by atoms with Crippen molar-refractivity contribution in [2.75, 3.05) is 18.5 Å². The summed E-state index contributed by atoms with van der Waals surface area (Å²) in [5.41, 5.74) is 4.67. The predicted molar refractivity (Wildman–Crippen MR) is 101 cm³/mol. The Morgan fingerprint density at radius 1 is 1.28 bits per heavy atom. The van der Waals surface area contributed by atoms with E-state index >= 15 is 0 Å². The second-order valence-electron chi connectivity index (χ2n) is 5.69. The van der Waals surface area contributed by atoms with Crippen LogP contribution in [0.15, 0.2) is 35.3 Å². The van der Waals surface area contributed by atoms with E-state index in [0.717, 1.165) is 18.2 Å². The molecule has 6 N–H and O–H groups in total. The molecule has 0 aromatic heterocycles. The van der Waals surface area contributed by atoms with Crippen molar-refractivity contribution in [2.45, 2.75) is 6.10 Å². The first-order valence-electron chi connectivity index (χ1n) is 8.13. The summed E-state index contributed by atoms with van der Waals surface area (Å²) in [6, 6.07) is 4.89. The third kappa shape index (κ3) is 5.47. The normalized spacial score (nSPS) is 12.2. The highest BCUT2D eigenvalue weighted by atomic mass is 19.2. The summed E-state index contributed by atoms with van der Waals surface area (Å²) < 4.78 is 47.2. The first kappa shape index (κ1) is 21.7. The van der Waals surface area contributed by atoms with Crippen molar-refractivity contribution in [1.29, 1.82) is 5.41 Å². The summed E-state index contributed by atoms with van der Waals surface area (Å²) in [5.74, 6) is -1.91. The summed E-state index contributed by atoms with van der Waals surface area (Å²) >= 11 is 0. The average Bonchev–Trinajstić information content (AvgIpc) is 2.70. The molecule has 2 rings (SSSR count). The molecule has 0 saturated heterocycles. The number of nitrogens with zero attached hydrogens (tertiary/aromatic N) is 1. The maximum absolute atomic E-state index is 14.4. The highest BCUT2D eigenvalue weighted by Gasteiger charge is 2.20. The standard InChI is InChI=1S/C19H17F3N4O3/c1-2-10-3-6-15(14(21)7-10)26-17-12(4-5-13(20)16(17)22)18(23)29-19(24)25-8-11(28)9-27/h1,3-7,11,23,26-28H,8-9H2,(H2,24,25). The summed E-state index contributed by atoms with van der Waals surface area (Å²) in [6.07, 6.45) is 4.00. The van der Waals surface area contributed by atoms with Crippen molar-refractivity contribution < 1.29 is 28.1 Å². The van der Waals surface area contributed by atoms with Gasteiger partial charge >= 0.3 is 0 Å². The zero-order valence-corrected chi connectivity index (χ0v) is 14.9. The Balaban J connectivity index is 2.33. The van der Waals surface area contributed by atoms with Crippen LogP contribution in [0.2, 0.25) is 0 Å². The van der Waals surface area contributed by atoms with Crippen molar-refractivity contribution in [1.82, 2.24) is 0 Å². The maximum atomic E-state index is 14.4. The van der Waals surface area contributed by atoms with E-state index in [4.69, 9.17) is 27.4 Å². The largest absolute Gasteiger partial charge is 0.407 e. The molecule has 0 aliphatic heterocycles. The van der Waals surface area contributed by atoms with Gasteiger partial charge in [0.05, 0.1) is 36.2 Å². The number of aliphatic hydroxyl groups is 2. The van der Waals surface area contributed by atoms with Gasteiger partial charge in [0.15, 0.2) is 11.6 Å². The Bertz CT molecular complexity index is 989. The number of nitrogens with two attached hydrogens (primary N) is 1. The molecule has 2 aromatic carbocycles. The molecule has 0 heterocycles. The van der Waals surface area contributed by atoms with Crippen LogP contribution < -0.4 is 11.1 Å². The van der Waals surface area contributed by atoms with Gasteiger partial charge in [0, 0.05) is 5.56 Å². The third-order valence-electron chi connectivity index (χ3n) is 3.61. The quantitative estimate of drug-likeness (QED) is 0.285. The number of anilines is 2. The highest BCUT2D eigenvalue weighted by molar-refractivity contribution is 6.03. The lowest BCUT2D eigenvalue weighted by Gasteiger charge is -2.15. The molecule has 10 heteroatoms. The minimum Gasteiger partial charge on any atom is -0.407 e. The number of hydrogen-bond donors (Lipinski definition) is 5. The molecule has 29 heavy (non-hydrogen) atoms. The van der Waals surface area contributed by atoms with E-state index in [1.54, 1.807) is 0 Å². The lowest BCUT2D eigenvalue weighted by molar-refractivity contribution is 0.102. The van der Waals surface area contributed by atoms with Crippen LogP contribution in [0.5, 0.6) is 0 Å². The monoisotopic (exact) mass is 406 g/mol. The Labute approximate surface area is 164 Å². The van der Waals surface area contributed by atoms with Crippen LogP contribution in [0.1, 0.15) is 11.1 Å². The molecule has 0 spiro atoms. The fraction of sp³-hybridized carbons (Fsp3) is 0.158. The minimum absolute atomic E-state index is 0.213. The van der Waals surface area contributed by atoms with Crippen molar-refractivity contribution in [3.05, 3.63) is 58.9 Å². The lowest BCUT2D eigenvalue weighted by Crippen LogP contribution is -2.25. The molecule has 0 fully saturated rings. The first-order valence-corrected chi connectivity index (χ1v) is 8.13. The van der Waals surface area contributed by atoms with Crippen LogP contribution in [0, 0.1) is 35.2 Å². The van der Waals surface area contributed by atoms with Gasteiger partial charge in [-0.1, -0.05) is 5.92 Å². The molecule has 2 aromatic rings. The fourth-order valence-electron chi connectivity index (χ4n) is 2.15. The first-order chi connectivity index (χ1) is 13.8. The second-order valence-corrected chi connectivity index (χ2v) is 5.69. The highest BCUT2D eigenvalue weighted by Crippen LogP contribution is 2.28. The molecular formula is C19H17F3N4O3. The Hall–Kier alpha value is -3.55. The van der Waals surface area contributed by atoms with Crippen LogP contribution in [0.3, 0.4) is 0 Å². The number of amidine groups is 1. The SMILES string of the molecule is C#Cc1ccc(Nc2c(C(=N)OC(N)=NCC(O)CO)ccc(F)c2F)c(F)c1. The predicted octanol–water partition coefficient (Wildman–Crippen LogP) is 1.84. The number of terminal acetylenes is 1. The molecule has 152 valence electrons. The van der Waals surface area contributed by atoms with E-state index in [9.17, 15) is 18.3 Å². The van der Waals surface area contributed by atoms with E-state index in [1.807, 2.05) is 0 Å². The second kappa shape index (κ2) is 9.59. The molecule has 0 radical (unpaired) electrons. The number of ether oxygens (including phenoxy) is 1. The van der Waals surface area contributed by atoms with E-state index in [0.29, 0.717) is 0 Å². The number of aliphatic imine (C=N–C) groups is 1. The van der Waals surface area contributed by atoms with E-state index in [2.05, 4.69) is 16.2 Å². The van der Waals surface area contributed by atoms with Crippen LogP contribution in [0.4, 0.5) is 24.5 Å². The van der Waals surface area contributed by atoms with Crippen molar-refractivity contribution in [3.8, 4) is 12.3 Å². The summed E-state index contributed by atoms with van der Waals surface area (Å²) in [4.78, 5) is 3.60. The van der Waals surface area contributed by atoms with Crippen molar-refractivity contribution in [3.63, 3.8) is 0 Å². The van der Waals surface area contributed by atoms with E-state index in [-0.39, 0.29) is 23.4 Å². The molecule has 0 bridgehead atoms. The van der Waals surface area contributed by atoms with Gasteiger partial charge in [-0.25, -0.2) is 18.2 Å². The Kier molecular flexibility index (Phi) is 7.19. The number of nitrogens with one attached hydrogen (secondary N) is 2. The number of aliphatic hydroxyl groups excluding tert-OH is 2. The van der Waals surface area contributed by atoms with Gasteiger partial charge in [-0.05, 0) is 30.3 Å². The number of rotatable bonds is 6. The van der Waals surface area contributed by atoms with Crippen LogP contribution in [0.25, 0.3) is 0 Å². The number of benzene rings is 2. The third-order valence-corrected chi connectivity index (χ3v) is 3.61. The van der Waals surface area contributed by atoms with Gasteiger partial charge in [-0.2, -0.15) is 0 Å². The van der Waals surface area contributed by atoms with Gasteiger partial charge in [0.1, 0.15) is 5.82 Å². The fourth-order valence-corrected chi connectivity index (χ4v) is 2.15. The van der Waals surface area contributed by atoms with E-state index in [1.165, 1.54) is 12.1 Å². The van der Waals surface area contributed by atoms with Gasteiger partial charge in [-0.15, -0.1) is 6.42 Å². The van der Waals surface area contributed by atoms with Crippen molar-refractivity contribution in [2.24, 2.45) is 10.7 Å². The molecule has 0 saturated carbocycles. The summed E-state index contributed by atoms with van der Waals surface area (Å²) in [6.45, 7) is -0.860. The Morgan fingerprint density at radius 2 is 2.00 bits per heavy atom. The topological polar surface area (TPSA) is 124 Å². The maximum Gasteiger partial charge on any atom is 0.288 e. The average molecular weight is 406 g/mol. The van der Waals surface area contributed by atoms with Gasteiger partial charge < -0.3 is 26.0 Å². The van der Waals surface area contributed by atoms with E-state index < -0.39 is 47.8 Å². The van der Waals surface area contributed by atoms with Crippen LogP contribution >= 0.6 is 0 Å². The van der Waals surface area contributed by atoms with Crippen LogP contribution in [-0.4, -0.2) is 41.4 Å². The molecular weight excluding hydrogens is 389 g/mol. The molecule has 0 amide bonds. The minimum atomic E-state index is -1.37. The van der Waals surface area contributed by atoms with Crippen molar-refractivity contribution >= 4 is 23.3 Å². The van der Waals surface area contributed by atoms with Crippen LogP contribution in [-0.2, 0) is 4.74 Å². The zero-order valence-electron chi connectivity index (χ0n) is 14.9. The summed E-state index contributed by atoms with van der Waals surface area (Å²) in [7, 11) is 0. The molecule has 7 nitrogen and oxygen atoms in total. The number of hydrogen-bond acceptors (Lipinski definition) is 6. The van der Waals surface area contributed by atoms with Gasteiger partial charge in [0.25, 0.3) is 6.02 Å². The molecule has 0 aliphatic rings. The van der Waals surface area contributed by atoms with Gasteiger partial charge in [0.2, 0.25) is 5.90 Å². The Morgan fingerprint density at radius 3 is 2.62 bits per heavy atom. The number of halogens is 3. The summed E-state index contributed by atoms with van der Waals surface area (Å²) in [5, 5.41) is 28.3.